The second-order valence-electron chi connectivity index (χ2n) is 6.82. The molecule has 0 unspecified atom stereocenters. The average molecular weight is 409 g/mol. The van der Waals surface area contributed by atoms with E-state index in [2.05, 4.69) is 15.8 Å². The van der Waals surface area contributed by atoms with Crippen molar-refractivity contribution in [2.24, 2.45) is 5.92 Å². The molecule has 0 bridgehead atoms. The van der Waals surface area contributed by atoms with Crippen molar-refractivity contribution in [3.05, 3.63) is 54.2 Å². The van der Waals surface area contributed by atoms with Gasteiger partial charge in [0.25, 0.3) is 5.91 Å². The van der Waals surface area contributed by atoms with Crippen LogP contribution < -0.4 is 20.1 Å². The number of aromatic nitrogens is 1. The molecule has 0 aliphatic heterocycles. The quantitative estimate of drug-likeness (QED) is 0.606. The Hall–Kier alpha value is -3.81. The fourth-order valence-electron chi connectivity index (χ4n) is 2.63. The predicted octanol–water partition coefficient (Wildman–Crippen LogP) is 4.21. The van der Waals surface area contributed by atoms with E-state index < -0.39 is 5.91 Å². The van der Waals surface area contributed by atoms with E-state index >= 15 is 0 Å². The number of anilines is 2. The Bertz CT molecular complexity index is 1040. The van der Waals surface area contributed by atoms with E-state index in [9.17, 15) is 9.59 Å². The summed E-state index contributed by atoms with van der Waals surface area (Å²) in [5.74, 6) is 0.952. The molecular weight excluding hydrogens is 386 g/mol. The number of carbonyl (C=O) groups is 2. The van der Waals surface area contributed by atoms with Crippen LogP contribution in [-0.2, 0) is 4.79 Å². The average Bonchev–Trinajstić information content (AvgIpc) is 3.24. The zero-order chi connectivity index (χ0) is 21.7. The molecular formula is C22H23N3O5. The van der Waals surface area contributed by atoms with Gasteiger partial charge in [-0.2, -0.15) is 0 Å². The Labute approximate surface area is 174 Å². The normalized spacial score (nSPS) is 10.6. The molecule has 8 heteroatoms. The van der Waals surface area contributed by atoms with Crippen LogP contribution >= 0.6 is 0 Å². The van der Waals surface area contributed by atoms with Crippen molar-refractivity contribution in [2.45, 2.75) is 13.8 Å². The molecule has 0 atom stereocenters. The second-order valence-corrected chi connectivity index (χ2v) is 6.82. The molecule has 0 spiro atoms. The summed E-state index contributed by atoms with van der Waals surface area (Å²) in [4.78, 5) is 24.3. The number of rotatable bonds is 7. The van der Waals surface area contributed by atoms with E-state index in [1.54, 1.807) is 56.7 Å². The minimum Gasteiger partial charge on any atom is -0.497 e. The van der Waals surface area contributed by atoms with Crippen molar-refractivity contribution in [1.82, 2.24) is 5.16 Å². The van der Waals surface area contributed by atoms with Gasteiger partial charge in [-0.05, 0) is 42.5 Å². The molecule has 156 valence electrons. The summed E-state index contributed by atoms with van der Waals surface area (Å²) < 4.78 is 15.9. The first-order valence-electron chi connectivity index (χ1n) is 9.32. The van der Waals surface area contributed by atoms with Gasteiger partial charge in [0.1, 0.15) is 11.5 Å². The van der Waals surface area contributed by atoms with Crippen LogP contribution in [-0.4, -0.2) is 31.2 Å². The van der Waals surface area contributed by atoms with E-state index in [4.69, 9.17) is 14.0 Å². The summed E-state index contributed by atoms with van der Waals surface area (Å²) in [6, 6.07) is 13.6. The summed E-state index contributed by atoms with van der Waals surface area (Å²) >= 11 is 0. The lowest BCUT2D eigenvalue weighted by Gasteiger charge is -2.08. The van der Waals surface area contributed by atoms with Gasteiger partial charge in [0.15, 0.2) is 11.5 Å². The van der Waals surface area contributed by atoms with Crippen molar-refractivity contribution in [3.8, 4) is 22.8 Å². The van der Waals surface area contributed by atoms with Crippen molar-refractivity contribution in [2.75, 3.05) is 24.9 Å². The molecule has 0 aliphatic carbocycles. The highest BCUT2D eigenvalue weighted by Crippen LogP contribution is 2.33. The van der Waals surface area contributed by atoms with E-state index in [1.807, 2.05) is 13.8 Å². The molecule has 8 nitrogen and oxygen atoms in total. The lowest BCUT2D eigenvalue weighted by molar-refractivity contribution is -0.118. The number of nitrogens with one attached hydrogen (secondary N) is 2. The lowest BCUT2D eigenvalue weighted by Crippen LogP contribution is -2.17. The number of nitrogens with zero attached hydrogens (tertiary/aromatic N) is 1. The standard InChI is InChI=1S/C22H23N3O5/c1-13(2)21(26)23-14-5-7-15(8-6-14)24-22(27)18-12-20(30-25-18)17-11-16(28-3)9-10-19(17)29-4/h5-13H,1-4H3,(H,23,26)(H,24,27). The van der Waals surface area contributed by atoms with Gasteiger partial charge in [-0.3, -0.25) is 9.59 Å². The fourth-order valence-corrected chi connectivity index (χ4v) is 2.63. The first-order chi connectivity index (χ1) is 14.4. The third-order valence-electron chi connectivity index (χ3n) is 4.35. The van der Waals surface area contributed by atoms with Gasteiger partial charge in [0, 0.05) is 23.4 Å². The highest BCUT2D eigenvalue weighted by atomic mass is 16.5. The van der Waals surface area contributed by atoms with Gasteiger partial charge in [0.2, 0.25) is 5.91 Å². The molecule has 0 saturated carbocycles. The molecule has 0 fully saturated rings. The summed E-state index contributed by atoms with van der Waals surface area (Å²) in [5, 5.41) is 9.40. The Kier molecular flexibility index (Phi) is 6.36. The Morgan fingerprint density at radius 1 is 0.933 bits per heavy atom. The van der Waals surface area contributed by atoms with Crippen molar-refractivity contribution in [3.63, 3.8) is 0 Å². The van der Waals surface area contributed by atoms with Crippen molar-refractivity contribution >= 4 is 23.2 Å². The summed E-state index contributed by atoms with van der Waals surface area (Å²) in [7, 11) is 3.10. The van der Waals surface area contributed by atoms with E-state index in [0.29, 0.717) is 34.2 Å². The fraction of sp³-hybridized carbons (Fsp3) is 0.227. The summed E-state index contributed by atoms with van der Waals surface area (Å²) in [6.07, 6.45) is 0. The minimum absolute atomic E-state index is 0.0742. The Morgan fingerprint density at radius 2 is 1.60 bits per heavy atom. The van der Waals surface area contributed by atoms with Gasteiger partial charge in [-0.15, -0.1) is 0 Å². The molecule has 3 rings (SSSR count). The van der Waals surface area contributed by atoms with Crippen LogP contribution in [0.25, 0.3) is 11.3 Å². The molecule has 1 heterocycles. The SMILES string of the molecule is COc1ccc(OC)c(-c2cc(C(=O)Nc3ccc(NC(=O)C(C)C)cc3)no2)c1. The highest BCUT2D eigenvalue weighted by Gasteiger charge is 2.17. The molecule has 1 aromatic heterocycles. The molecule has 2 aromatic carbocycles. The van der Waals surface area contributed by atoms with Gasteiger partial charge in [0.05, 0.1) is 19.8 Å². The van der Waals surface area contributed by atoms with Crippen LogP contribution in [0.3, 0.4) is 0 Å². The Morgan fingerprint density at radius 3 is 2.20 bits per heavy atom. The predicted molar refractivity (Wildman–Crippen MR) is 113 cm³/mol. The van der Waals surface area contributed by atoms with Gasteiger partial charge >= 0.3 is 0 Å². The van der Waals surface area contributed by atoms with E-state index in [0.717, 1.165) is 0 Å². The maximum atomic E-state index is 12.5. The number of hydrogen-bond acceptors (Lipinski definition) is 6. The van der Waals surface area contributed by atoms with Crippen LogP contribution in [0, 0.1) is 5.92 Å². The van der Waals surface area contributed by atoms with Gasteiger partial charge in [-0.1, -0.05) is 19.0 Å². The molecule has 0 aliphatic rings. The monoisotopic (exact) mass is 409 g/mol. The zero-order valence-corrected chi connectivity index (χ0v) is 17.2. The van der Waals surface area contributed by atoms with Crippen LogP contribution in [0.4, 0.5) is 11.4 Å². The highest BCUT2D eigenvalue weighted by molar-refractivity contribution is 6.03. The number of carbonyl (C=O) groups excluding carboxylic acids is 2. The molecule has 2 amide bonds. The van der Waals surface area contributed by atoms with Crippen LogP contribution in [0.5, 0.6) is 11.5 Å². The van der Waals surface area contributed by atoms with Gasteiger partial charge < -0.3 is 24.6 Å². The number of benzene rings is 2. The molecule has 0 saturated heterocycles. The third-order valence-corrected chi connectivity index (χ3v) is 4.35. The number of amides is 2. The maximum absolute atomic E-state index is 12.5. The van der Waals surface area contributed by atoms with Crippen LogP contribution in [0.2, 0.25) is 0 Å². The largest absolute Gasteiger partial charge is 0.497 e. The van der Waals surface area contributed by atoms with E-state index in [-0.39, 0.29) is 17.5 Å². The number of methoxy groups -OCH3 is 2. The van der Waals surface area contributed by atoms with Crippen LogP contribution in [0.15, 0.2) is 53.1 Å². The summed E-state index contributed by atoms with van der Waals surface area (Å²) in [6.45, 7) is 3.63. The molecule has 0 radical (unpaired) electrons. The number of ether oxygens (including phenoxy) is 2. The topological polar surface area (TPSA) is 103 Å². The third kappa shape index (κ3) is 4.78. The second kappa shape index (κ2) is 9.13. The van der Waals surface area contributed by atoms with Crippen LogP contribution in [0.1, 0.15) is 24.3 Å². The first kappa shape index (κ1) is 20.9. The van der Waals surface area contributed by atoms with Crippen molar-refractivity contribution in [1.29, 1.82) is 0 Å². The minimum atomic E-state index is -0.425. The zero-order valence-electron chi connectivity index (χ0n) is 17.2. The van der Waals surface area contributed by atoms with Gasteiger partial charge in [-0.25, -0.2) is 0 Å². The molecule has 30 heavy (non-hydrogen) atoms. The summed E-state index contributed by atoms with van der Waals surface area (Å²) in [5.41, 5.74) is 1.95. The molecule has 2 N–H and O–H groups in total. The molecule has 3 aromatic rings. The number of hydrogen-bond donors (Lipinski definition) is 2. The lowest BCUT2D eigenvalue weighted by atomic mass is 10.1. The smallest absolute Gasteiger partial charge is 0.277 e. The first-order valence-corrected chi connectivity index (χ1v) is 9.32. The van der Waals surface area contributed by atoms with Crippen molar-refractivity contribution < 1.29 is 23.6 Å². The van der Waals surface area contributed by atoms with E-state index in [1.165, 1.54) is 6.07 Å². The maximum Gasteiger partial charge on any atom is 0.277 e. The Balaban J connectivity index is 1.72.